The topological polar surface area (TPSA) is 55.9 Å². The van der Waals surface area contributed by atoms with Crippen molar-refractivity contribution in [1.82, 2.24) is 20.0 Å². The van der Waals surface area contributed by atoms with Gasteiger partial charge in [0.25, 0.3) is 0 Å². The number of piperidine rings is 1. The van der Waals surface area contributed by atoms with Gasteiger partial charge in [-0.1, -0.05) is 35.0 Å². The van der Waals surface area contributed by atoms with Crippen LogP contribution in [0, 0.1) is 0 Å². The second-order valence-electron chi connectivity index (χ2n) is 8.07. The monoisotopic (exact) mass is 464 g/mol. The second-order valence-corrected chi connectivity index (χ2v) is 8.99. The molecule has 0 aliphatic carbocycles. The van der Waals surface area contributed by atoms with E-state index in [-0.39, 0.29) is 17.9 Å². The van der Waals surface area contributed by atoms with Crippen LogP contribution >= 0.6 is 15.9 Å². The number of hydrogen-bond donors (Lipinski definition) is 1. The van der Waals surface area contributed by atoms with Gasteiger partial charge in [0.05, 0.1) is 19.1 Å². The van der Waals surface area contributed by atoms with Crippen molar-refractivity contribution < 1.29 is 9.59 Å². The van der Waals surface area contributed by atoms with Gasteiger partial charge >= 0.3 is 0 Å². The van der Waals surface area contributed by atoms with Gasteiger partial charge in [0.1, 0.15) is 0 Å². The molecule has 0 saturated carbocycles. The van der Waals surface area contributed by atoms with Crippen LogP contribution in [0.3, 0.4) is 0 Å². The lowest BCUT2D eigenvalue weighted by Crippen LogP contribution is -2.52. The van der Waals surface area contributed by atoms with Crippen LogP contribution < -0.4 is 5.32 Å². The van der Waals surface area contributed by atoms with Crippen LogP contribution in [0.25, 0.3) is 0 Å². The van der Waals surface area contributed by atoms with Gasteiger partial charge in [-0.15, -0.1) is 0 Å². The number of rotatable bonds is 7. The number of benzene rings is 1. The molecule has 2 heterocycles. The highest BCUT2D eigenvalue weighted by atomic mass is 79.9. The Morgan fingerprint density at radius 2 is 1.52 bits per heavy atom. The van der Waals surface area contributed by atoms with E-state index in [1.165, 1.54) is 6.42 Å². The molecule has 2 saturated heterocycles. The Bertz CT molecular complexity index is 668. The number of likely N-dealkylation sites (tertiary alicyclic amines) is 1. The molecule has 0 spiro atoms. The van der Waals surface area contributed by atoms with E-state index in [0.717, 1.165) is 68.6 Å². The van der Waals surface area contributed by atoms with Crippen molar-refractivity contribution in [3.05, 3.63) is 34.3 Å². The maximum absolute atomic E-state index is 12.6. The van der Waals surface area contributed by atoms with E-state index in [2.05, 4.69) is 50.1 Å². The van der Waals surface area contributed by atoms with Crippen LogP contribution in [-0.2, 0) is 9.59 Å². The van der Waals surface area contributed by atoms with E-state index in [1.807, 2.05) is 17.0 Å². The van der Waals surface area contributed by atoms with Crippen molar-refractivity contribution in [3.63, 3.8) is 0 Å². The van der Waals surface area contributed by atoms with Crippen LogP contribution in [0.5, 0.6) is 0 Å². The van der Waals surface area contributed by atoms with E-state index in [0.29, 0.717) is 13.1 Å². The molecule has 0 bridgehead atoms. The molecule has 160 valence electrons. The molecule has 7 heteroatoms. The Balaban J connectivity index is 1.39. The lowest BCUT2D eigenvalue weighted by atomic mass is 10.0. The summed E-state index contributed by atoms with van der Waals surface area (Å²) in [6.07, 6.45) is 4.37. The van der Waals surface area contributed by atoms with Gasteiger partial charge in [-0.2, -0.15) is 0 Å². The molecule has 6 nitrogen and oxygen atoms in total. The molecule has 1 aromatic carbocycles. The predicted molar refractivity (Wildman–Crippen MR) is 119 cm³/mol. The lowest BCUT2D eigenvalue weighted by Gasteiger charge is -2.36. The summed E-state index contributed by atoms with van der Waals surface area (Å²) in [6.45, 7) is 8.19. The SMILES string of the molecule is CC[C@@H](NC(=O)CN1CCN(CC(=O)N2CCCCC2)CC1)c1ccc(Br)cc1. The van der Waals surface area contributed by atoms with Gasteiger partial charge in [-0.3, -0.25) is 19.4 Å². The van der Waals surface area contributed by atoms with Gasteiger partial charge in [0.15, 0.2) is 0 Å². The Hall–Kier alpha value is -1.44. The van der Waals surface area contributed by atoms with Crippen molar-refractivity contribution in [1.29, 1.82) is 0 Å². The fourth-order valence-corrected chi connectivity index (χ4v) is 4.36. The number of carbonyl (C=O) groups excluding carboxylic acids is 2. The van der Waals surface area contributed by atoms with Crippen molar-refractivity contribution in [2.45, 2.75) is 38.6 Å². The molecule has 1 aromatic rings. The van der Waals surface area contributed by atoms with Gasteiger partial charge in [0.2, 0.25) is 11.8 Å². The van der Waals surface area contributed by atoms with E-state index >= 15 is 0 Å². The second kappa shape index (κ2) is 11.1. The highest BCUT2D eigenvalue weighted by molar-refractivity contribution is 9.10. The molecular formula is C22H33BrN4O2. The third-order valence-corrected chi connectivity index (χ3v) is 6.44. The maximum atomic E-state index is 12.6. The number of nitrogens with zero attached hydrogens (tertiary/aromatic N) is 3. The highest BCUT2D eigenvalue weighted by Gasteiger charge is 2.24. The third-order valence-electron chi connectivity index (χ3n) is 5.92. The fraction of sp³-hybridized carbons (Fsp3) is 0.636. The van der Waals surface area contributed by atoms with Crippen molar-refractivity contribution in [2.24, 2.45) is 0 Å². The molecule has 0 radical (unpaired) electrons. The van der Waals surface area contributed by atoms with Crippen LogP contribution in [-0.4, -0.2) is 78.9 Å². The molecule has 2 aliphatic heterocycles. The smallest absolute Gasteiger partial charge is 0.236 e. The van der Waals surface area contributed by atoms with Crippen molar-refractivity contribution >= 4 is 27.7 Å². The average molecular weight is 465 g/mol. The summed E-state index contributed by atoms with van der Waals surface area (Å²) in [4.78, 5) is 31.4. The average Bonchev–Trinajstić information content (AvgIpc) is 2.75. The number of hydrogen-bond acceptors (Lipinski definition) is 4. The number of halogens is 1. The van der Waals surface area contributed by atoms with Gasteiger partial charge < -0.3 is 10.2 Å². The minimum atomic E-state index is 0.0408. The van der Waals surface area contributed by atoms with Crippen molar-refractivity contribution in [2.75, 3.05) is 52.4 Å². The summed E-state index contributed by atoms with van der Waals surface area (Å²) < 4.78 is 1.04. The Morgan fingerprint density at radius 1 is 0.931 bits per heavy atom. The Labute approximate surface area is 182 Å². The summed E-state index contributed by atoms with van der Waals surface area (Å²) in [5.74, 6) is 0.328. The zero-order chi connectivity index (χ0) is 20.6. The first-order chi connectivity index (χ1) is 14.0. The molecule has 1 N–H and O–H groups in total. The summed E-state index contributed by atoms with van der Waals surface area (Å²) in [5, 5.41) is 3.17. The van der Waals surface area contributed by atoms with E-state index in [1.54, 1.807) is 0 Å². The molecule has 0 unspecified atom stereocenters. The summed E-state index contributed by atoms with van der Waals surface area (Å²) in [7, 11) is 0. The fourth-order valence-electron chi connectivity index (χ4n) is 4.10. The van der Waals surface area contributed by atoms with Crippen LogP contribution in [0.4, 0.5) is 0 Å². The number of amides is 2. The minimum absolute atomic E-state index is 0.0408. The molecule has 29 heavy (non-hydrogen) atoms. The molecular weight excluding hydrogens is 432 g/mol. The molecule has 2 amide bonds. The van der Waals surface area contributed by atoms with Crippen LogP contribution in [0.15, 0.2) is 28.7 Å². The Morgan fingerprint density at radius 3 is 2.10 bits per heavy atom. The highest BCUT2D eigenvalue weighted by Crippen LogP contribution is 2.19. The minimum Gasteiger partial charge on any atom is -0.348 e. The largest absolute Gasteiger partial charge is 0.348 e. The van der Waals surface area contributed by atoms with Gasteiger partial charge in [-0.25, -0.2) is 0 Å². The zero-order valence-electron chi connectivity index (χ0n) is 17.4. The quantitative estimate of drug-likeness (QED) is 0.673. The lowest BCUT2D eigenvalue weighted by molar-refractivity contribution is -0.134. The zero-order valence-corrected chi connectivity index (χ0v) is 19.0. The normalized spacial score (nSPS) is 19.7. The number of carbonyl (C=O) groups is 2. The summed E-state index contributed by atoms with van der Waals surface area (Å²) in [6, 6.07) is 8.16. The number of nitrogens with one attached hydrogen (secondary N) is 1. The molecule has 1 atom stereocenters. The molecule has 3 rings (SSSR count). The van der Waals surface area contributed by atoms with E-state index in [4.69, 9.17) is 0 Å². The van der Waals surface area contributed by atoms with Crippen molar-refractivity contribution in [3.8, 4) is 0 Å². The maximum Gasteiger partial charge on any atom is 0.236 e. The first-order valence-corrected chi connectivity index (χ1v) is 11.6. The van der Waals surface area contributed by atoms with Gasteiger partial charge in [-0.05, 0) is 43.4 Å². The molecule has 2 fully saturated rings. The number of piperazine rings is 1. The first kappa shape index (κ1) is 22.2. The molecule has 2 aliphatic rings. The van der Waals surface area contributed by atoms with E-state index in [9.17, 15) is 9.59 Å². The Kier molecular flexibility index (Phi) is 8.51. The van der Waals surface area contributed by atoms with Crippen LogP contribution in [0.2, 0.25) is 0 Å². The predicted octanol–water partition coefficient (Wildman–Crippen LogP) is 2.65. The third kappa shape index (κ3) is 6.79. The van der Waals surface area contributed by atoms with Gasteiger partial charge in [0, 0.05) is 43.7 Å². The first-order valence-electron chi connectivity index (χ1n) is 10.8. The standard InChI is InChI=1S/C22H33BrN4O2/c1-2-20(18-6-8-19(23)9-7-18)24-21(28)16-25-12-14-26(15-13-25)17-22(29)27-10-4-3-5-11-27/h6-9,20H,2-5,10-17H2,1H3,(H,24,28)/t20-/m1/s1. The van der Waals surface area contributed by atoms with Crippen LogP contribution in [0.1, 0.15) is 44.2 Å². The summed E-state index contributed by atoms with van der Waals surface area (Å²) in [5.41, 5.74) is 1.13. The summed E-state index contributed by atoms with van der Waals surface area (Å²) >= 11 is 3.45. The molecule has 0 aromatic heterocycles. The van der Waals surface area contributed by atoms with E-state index < -0.39 is 0 Å².